The van der Waals surface area contributed by atoms with Gasteiger partial charge in [0.1, 0.15) is 52.7 Å². The second-order valence-electron chi connectivity index (χ2n) is 14.9. The maximum atomic E-state index is 15.4. The molecule has 0 bridgehead atoms. The fourth-order valence-electron chi connectivity index (χ4n) is 7.97. The highest BCUT2D eigenvalue weighted by Crippen LogP contribution is 2.32. The number of nitrogens with zero attached hydrogens (tertiary/aromatic N) is 1. The molecule has 0 unspecified atom stereocenters. The summed E-state index contributed by atoms with van der Waals surface area (Å²) < 4.78 is 296. The number of ketones is 1. The normalized spacial score (nSPS) is 11.5. The first-order valence-corrected chi connectivity index (χ1v) is 19.3. The quantitative estimate of drug-likeness (QED) is 0.0371. The minimum absolute atomic E-state index is 0.114. The molecule has 0 atom stereocenters. The molecule has 1 aromatic heterocycles. The van der Waals surface area contributed by atoms with Gasteiger partial charge in [0.15, 0.2) is 82.2 Å². The summed E-state index contributed by atoms with van der Waals surface area (Å²) in [5.74, 6) is -71.3. The van der Waals surface area contributed by atoms with Crippen molar-refractivity contribution in [3.05, 3.63) is 219 Å². The van der Waals surface area contributed by atoms with Crippen LogP contribution in [-0.2, 0) is 6.54 Å². The molecule has 70 heavy (non-hydrogen) atoms. The second-order valence-corrected chi connectivity index (χ2v) is 14.9. The van der Waals surface area contributed by atoms with Gasteiger partial charge in [-0.3, -0.25) is 4.79 Å². The summed E-state index contributed by atoms with van der Waals surface area (Å²) in [5.41, 5.74) is -11.2. The Kier molecular flexibility index (Phi) is 13.6. The molecule has 1 heterocycles. The molecule has 0 saturated heterocycles. The van der Waals surface area contributed by atoms with Gasteiger partial charge < -0.3 is 0 Å². The van der Waals surface area contributed by atoms with Crippen LogP contribution in [-0.4, -0.2) is 11.9 Å². The average molecular weight is 1000 g/mol. The number of aromatic nitrogens is 1. The zero-order valence-electron chi connectivity index (χ0n) is 33.9. The Hall–Kier alpha value is -7.72. The van der Waals surface area contributed by atoms with Gasteiger partial charge in [0.2, 0.25) is 12.3 Å². The minimum atomic E-state index is -7.22. The van der Waals surface area contributed by atoms with E-state index in [4.69, 9.17) is 0 Å². The Bertz CT molecular complexity index is 3040. The third-order valence-electron chi connectivity index (χ3n) is 11.1. The SMILES string of the molecule is Fc1c(F)c(F)c([B-](c2c(F)c(F)c(F)c(F)c2F)(c2c(F)c(F)c(F)c(F)c2F)c2c(F)c(F)c(F)c(F)c2F)c(F)c1F.O=C(C[n+]1ccc(-c2cccc3ccccc23)cc1)c1ccccc1. The molecule has 0 N–H and O–H groups in total. The topological polar surface area (TPSA) is 20.9 Å². The van der Waals surface area contributed by atoms with Crippen LogP contribution in [0.3, 0.4) is 0 Å². The average Bonchev–Trinajstić information content (AvgIpc) is 3.36. The van der Waals surface area contributed by atoms with Crippen molar-refractivity contribution in [2.45, 2.75) is 6.54 Å². The smallest absolute Gasteiger partial charge is 0.227 e. The molecule has 0 aliphatic heterocycles. The molecule has 2 nitrogen and oxygen atoms in total. The highest BCUT2D eigenvalue weighted by molar-refractivity contribution is 7.20. The van der Waals surface area contributed by atoms with Crippen LogP contribution in [0.15, 0.2) is 97.3 Å². The van der Waals surface area contributed by atoms with Crippen LogP contribution < -0.4 is 26.4 Å². The molecule has 23 heteroatoms. The first-order chi connectivity index (χ1) is 33.0. The predicted molar refractivity (Wildman–Crippen MR) is 210 cm³/mol. The van der Waals surface area contributed by atoms with Crippen LogP contribution in [0.5, 0.6) is 0 Å². The van der Waals surface area contributed by atoms with Crippen LogP contribution >= 0.6 is 0 Å². The second kappa shape index (κ2) is 19.0. The van der Waals surface area contributed by atoms with Crippen molar-refractivity contribution >= 4 is 44.6 Å². The monoisotopic (exact) mass is 1000 g/mol. The van der Waals surface area contributed by atoms with Crippen LogP contribution in [0.2, 0.25) is 0 Å². The predicted octanol–water partition coefficient (Wildman–Crippen LogP) is 10.5. The molecule has 0 aliphatic carbocycles. The molecule has 8 aromatic rings. The van der Waals surface area contributed by atoms with E-state index in [0.717, 1.165) is 11.1 Å². The summed E-state index contributed by atoms with van der Waals surface area (Å²) >= 11 is 0. The van der Waals surface area contributed by atoms with E-state index < -0.39 is 144 Å². The van der Waals surface area contributed by atoms with Gasteiger partial charge in [-0.2, -0.15) is 4.57 Å². The molecule has 0 saturated carbocycles. The number of halogens is 20. The standard InChI is InChI=1S/C24BF20.C23H18NO/c26-5-1(6(27)14(35)21(42)13(5)34)25(2-7(28)15(36)22(43)16(37)8(2)29,3-9(30)17(38)23(44)18(39)10(3)31)4-11(32)19(40)24(45)20(41)12(4)33;25-23(20-8-2-1-3-9-20)17-24-15-13-19(14-16-24)22-12-6-10-18-7-4-5-11-21(18)22/h;1-16H,17H2/q-1;+1. The number of benzene rings is 7. The van der Waals surface area contributed by atoms with Gasteiger partial charge in [-0.15, -0.1) is 21.9 Å². The zero-order valence-corrected chi connectivity index (χ0v) is 33.9. The van der Waals surface area contributed by atoms with E-state index in [2.05, 4.69) is 54.6 Å². The Morgan fingerprint density at radius 1 is 0.343 bits per heavy atom. The van der Waals surface area contributed by atoms with Crippen LogP contribution in [0.25, 0.3) is 21.9 Å². The molecular weight excluding hydrogens is 985 g/mol. The summed E-state index contributed by atoms with van der Waals surface area (Å²) in [7, 11) is 0. The molecule has 7 aromatic carbocycles. The molecule has 8 rings (SSSR count). The van der Waals surface area contributed by atoms with Crippen molar-refractivity contribution in [3.63, 3.8) is 0 Å². The molecule has 0 fully saturated rings. The van der Waals surface area contributed by atoms with Crippen molar-refractivity contribution in [2.75, 3.05) is 0 Å². The number of rotatable bonds is 8. The summed E-state index contributed by atoms with van der Waals surface area (Å²) in [4.78, 5) is 12.3. The number of fused-ring (bicyclic) bond motifs is 1. The summed E-state index contributed by atoms with van der Waals surface area (Å²) in [6, 6.07) is 28.3. The Labute approximate surface area is 378 Å². The molecule has 360 valence electrons. The summed E-state index contributed by atoms with van der Waals surface area (Å²) in [6.45, 7) is 0.347. The fraction of sp³-hybridized carbons (Fsp3) is 0.0213. The van der Waals surface area contributed by atoms with Gasteiger partial charge >= 0.3 is 0 Å². The van der Waals surface area contributed by atoms with Gasteiger partial charge in [0, 0.05) is 17.7 Å². The number of carbonyl (C=O) groups excluding carboxylic acids is 1. The van der Waals surface area contributed by atoms with Crippen molar-refractivity contribution in [2.24, 2.45) is 0 Å². The maximum Gasteiger partial charge on any atom is 0.227 e. The van der Waals surface area contributed by atoms with Gasteiger partial charge in [-0.05, 0) is 21.9 Å². The first-order valence-electron chi connectivity index (χ1n) is 19.3. The molecular formula is C47H18BF20NO. The number of Topliss-reactive ketones (excluding diaryl/α,β-unsaturated/α-hetero) is 1. The van der Waals surface area contributed by atoms with Gasteiger partial charge in [0.05, 0.1) is 0 Å². The third kappa shape index (κ3) is 7.95. The van der Waals surface area contributed by atoms with E-state index in [1.54, 1.807) is 0 Å². The highest BCUT2D eigenvalue weighted by Gasteiger charge is 2.52. The number of pyridine rings is 1. The van der Waals surface area contributed by atoms with E-state index in [-0.39, 0.29) is 5.78 Å². The molecule has 0 spiro atoms. The van der Waals surface area contributed by atoms with E-state index >= 15 is 35.1 Å². The van der Waals surface area contributed by atoms with Crippen LogP contribution in [0.1, 0.15) is 10.4 Å². The number of carbonyl (C=O) groups is 1. The van der Waals surface area contributed by atoms with Crippen molar-refractivity contribution in [3.8, 4) is 11.1 Å². The van der Waals surface area contributed by atoms with Gasteiger partial charge in [-0.25, -0.2) is 87.8 Å². The van der Waals surface area contributed by atoms with Crippen LogP contribution in [0, 0.1) is 116 Å². The molecule has 0 amide bonds. The largest absolute Gasteiger partial charge is 0.287 e. The number of hydrogen-bond donors (Lipinski definition) is 0. The van der Waals surface area contributed by atoms with Crippen molar-refractivity contribution in [1.82, 2.24) is 0 Å². The van der Waals surface area contributed by atoms with E-state index in [0.29, 0.717) is 6.54 Å². The third-order valence-corrected chi connectivity index (χ3v) is 11.1. The molecule has 0 aliphatic rings. The van der Waals surface area contributed by atoms with E-state index in [1.807, 2.05) is 47.3 Å². The first kappa shape index (κ1) is 50.2. The number of hydrogen-bond acceptors (Lipinski definition) is 1. The summed E-state index contributed by atoms with van der Waals surface area (Å²) in [6.07, 6.45) is -3.28. The zero-order chi connectivity index (χ0) is 51.4. The summed E-state index contributed by atoms with van der Waals surface area (Å²) in [5, 5.41) is 2.47. The highest BCUT2D eigenvalue weighted by atomic mass is 19.2. The lowest BCUT2D eigenvalue weighted by atomic mass is 9.12. The lowest BCUT2D eigenvalue weighted by molar-refractivity contribution is -0.683. The van der Waals surface area contributed by atoms with Gasteiger partial charge in [-0.1, -0.05) is 72.8 Å². The maximum absolute atomic E-state index is 15.4. The lowest BCUT2D eigenvalue weighted by Crippen LogP contribution is -2.81. The van der Waals surface area contributed by atoms with Crippen LogP contribution in [0.4, 0.5) is 87.8 Å². The van der Waals surface area contributed by atoms with Crippen molar-refractivity contribution < 1.29 is 97.2 Å². The Morgan fingerprint density at radius 2 is 0.643 bits per heavy atom. The Balaban J connectivity index is 0.000000242. The fourth-order valence-corrected chi connectivity index (χ4v) is 7.97. The molecule has 0 radical (unpaired) electrons. The minimum Gasteiger partial charge on any atom is -0.287 e. The van der Waals surface area contributed by atoms with E-state index in [9.17, 15) is 57.5 Å². The van der Waals surface area contributed by atoms with E-state index in [1.165, 1.54) is 16.3 Å². The Morgan fingerprint density at radius 3 is 1.00 bits per heavy atom. The van der Waals surface area contributed by atoms with Gasteiger partial charge in [0.25, 0.3) is 0 Å². The van der Waals surface area contributed by atoms with Crippen molar-refractivity contribution in [1.29, 1.82) is 0 Å². The lowest BCUT2D eigenvalue weighted by Gasteiger charge is -2.44.